The van der Waals surface area contributed by atoms with Gasteiger partial charge in [-0.25, -0.2) is 15.0 Å². The minimum absolute atomic E-state index is 0.0501. The first kappa shape index (κ1) is 34.3. The number of anilines is 1. The van der Waals surface area contributed by atoms with E-state index in [4.69, 9.17) is 18.6 Å². The predicted octanol–water partition coefficient (Wildman–Crippen LogP) is 6.47. The van der Waals surface area contributed by atoms with E-state index in [1.54, 1.807) is 28.8 Å². The highest BCUT2D eigenvalue weighted by atomic mass is 28.4. The number of fused-ring (bicyclic) bond motifs is 1. The van der Waals surface area contributed by atoms with Crippen LogP contribution in [0.5, 0.6) is 0 Å². The van der Waals surface area contributed by atoms with Crippen LogP contribution in [0.4, 0.5) is 5.82 Å². The van der Waals surface area contributed by atoms with Crippen molar-refractivity contribution < 1.29 is 28.2 Å². The van der Waals surface area contributed by atoms with Crippen LogP contribution in [0.2, 0.25) is 18.1 Å². The molecular weight excluding hydrogens is 602 g/mol. The number of ketones is 1. The summed E-state index contributed by atoms with van der Waals surface area (Å²) in [7, 11) is -2.30. The van der Waals surface area contributed by atoms with Gasteiger partial charge in [-0.05, 0) is 55.9 Å². The summed E-state index contributed by atoms with van der Waals surface area (Å²) >= 11 is 0. The Morgan fingerprint density at radius 1 is 1.07 bits per heavy atom. The average molecular weight is 652 g/mol. The highest BCUT2D eigenvalue weighted by Gasteiger charge is 2.73. The second kappa shape index (κ2) is 13.6. The number of carbonyl (C=O) groups is 2. The topological polar surface area (TPSA) is 127 Å². The van der Waals surface area contributed by atoms with E-state index in [1.807, 2.05) is 6.07 Å². The van der Waals surface area contributed by atoms with Crippen LogP contribution in [-0.2, 0) is 23.4 Å². The maximum absolute atomic E-state index is 14.5. The first-order valence-corrected chi connectivity index (χ1v) is 19.5. The van der Waals surface area contributed by atoms with Gasteiger partial charge in [-0.15, -0.1) is 0 Å². The van der Waals surface area contributed by atoms with Crippen LogP contribution in [0.15, 0.2) is 43.0 Å². The molecule has 1 saturated heterocycles. The molecule has 1 aliphatic heterocycles. The molecule has 2 fully saturated rings. The zero-order valence-corrected chi connectivity index (χ0v) is 29.3. The summed E-state index contributed by atoms with van der Waals surface area (Å²) in [6.45, 7) is 16.4. The molecule has 1 unspecified atom stereocenters. The summed E-state index contributed by atoms with van der Waals surface area (Å²) in [5, 5.41) is 2.79. The van der Waals surface area contributed by atoms with Crippen molar-refractivity contribution in [1.29, 1.82) is 0 Å². The van der Waals surface area contributed by atoms with Gasteiger partial charge in [0.15, 0.2) is 43.2 Å². The molecule has 1 amide bonds. The summed E-state index contributed by atoms with van der Waals surface area (Å²) in [5.41, 5.74) is -0.702. The molecule has 3 atom stereocenters. The minimum Gasteiger partial charge on any atom is -0.408 e. The Morgan fingerprint density at radius 3 is 2.41 bits per heavy atom. The van der Waals surface area contributed by atoms with E-state index in [1.165, 1.54) is 12.7 Å². The number of unbranched alkanes of at least 4 members (excludes halogenated alkanes) is 2. The molecular formula is C34H49N5O6Si. The molecule has 11 nitrogen and oxygen atoms in total. The van der Waals surface area contributed by atoms with Crippen molar-refractivity contribution in [1.82, 2.24) is 19.5 Å². The minimum atomic E-state index is -2.30. The molecule has 1 aromatic carbocycles. The highest BCUT2D eigenvalue weighted by Crippen LogP contribution is 2.59. The molecule has 3 heterocycles. The Balaban J connectivity index is 1.54. The van der Waals surface area contributed by atoms with Gasteiger partial charge in [0, 0.05) is 18.8 Å². The summed E-state index contributed by atoms with van der Waals surface area (Å²) in [6.07, 6.45) is 5.98. The van der Waals surface area contributed by atoms with Crippen molar-refractivity contribution >= 4 is 37.0 Å². The zero-order valence-electron chi connectivity index (χ0n) is 28.3. The first-order valence-electron chi connectivity index (χ1n) is 16.5. The quantitative estimate of drug-likeness (QED) is 0.145. The fourth-order valence-electron chi connectivity index (χ4n) is 5.74. The van der Waals surface area contributed by atoms with Crippen LogP contribution in [-0.4, -0.2) is 76.7 Å². The van der Waals surface area contributed by atoms with Gasteiger partial charge in [0.25, 0.3) is 5.91 Å². The molecule has 12 heteroatoms. The van der Waals surface area contributed by atoms with E-state index >= 15 is 0 Å². The molecule has 1 aliphatic carbocycles. The summed E-state index contributed by atoms with van der Waals surface area (Å²) in [6, 6.07) is 8.87. The number of amides is 1. The van der Waals surface area contributed by atoms with Crippen LogP contribution in [0.1, 0.15) is 89.7 Å². The van der Waals surface area contributed by atoms with E-state index in [-0.39, 0.29) is 29.2 Å². The number of carbonyl (C=O) groups excluding carboxylic acids is 2. The van der Waals surface area contributed by atoms with Crippen molar-refractivity contribution in [3.05, 3.63) is 48.5 Å². The van der Waals surface area contributed by atoms with E-state index in [0.29, 0.717) is 29.9 Å². The Bertz CT molecular complexity index is 1520. The number of hydrogen-bond acceptors (Lipinski definition) is 9. The number of Topliss-reactive ketones (excluding diaryl/α,β-unsaturated/α-hetero) is 1. The van der Waals surface area contributed by atoms with Gasteiger partial charge >= 0.3 is 0 Å². The van der Waals surface area contributed by atoms with Gasteiger partial charge < -0.3 is 24.0 Å². The molecule has 1 N–H and O–H groups in total. The van der Waals surface area contributed by atoms with Gasteiger partial charge in [-0.1, -0.05) is 65.7 Å². The van der Waals surface area contributed by atoms with Gasteiger partial charge in [-0.2, -0.15) is 0 Å². The summed E-state index contributed by atoms with van der Waals surface area (Å²) in [5.74, 6) is -0.310. The van der Waals surface area contributed by atoms with E-state index in [9.17, 15) is 9.59 Å². The molecule has 0 radical (unpaired) electrons. The molecule has 0 bridgehead atoms. The average Bonchev–Trinajstić information content (AvgIpc) is 3.57. The number of aromatic nitrogens is 4. The van der Waals surface area contributed by atoms with E-state index < -0.39 is 31.9 Å². The van der Waals surface area contributed by atoms with Crippen molar-refractivity contribution in [2.75, 3.05) is 25.1 Å². The van der Waals surface area contributed by atoms with Crippen molar-refractivity contribution in [3.8, 4) is 0 Å². The van der Waals surface area contributed by atoms with Crippen LogP contribution in [0.3, 0.4) is 0 Å². The van der Waals surface area contributed by atoms with Crippen molar-refractivity contribution in [2.45, 2.75) is 115 Å². The third-order valence-electron chi connectivity index (χ3n) is 9.60. The fourth-order valence-corrected chi connectivity index (χ4v) is 7.40. The number of nitrogens with zero attached hydrogens (tertiary/aromatic N) is 4. The summed E-state index contributed by atoms with van der Waals surface area (Å²) < 4.78 is 28.6. The van der Waals surface area contributed by atoms with Crippen LogP contribution >= 0.6 is 0 Å². The maximum atomic E-state index is 14.5. The lowest BCUT2D eigenvalue weighted by atomic mass is 9.88. The second-order valence-electron chi connectivity index (χ2n) is 14.0. The third kappa shape index (κ3) is 6.55. The molecule has 5 rings (SSSR count). The Kier molecular flexibility index (Phi) is 10.1. The molecule has 2 aromatic heterocycles. The van der Waals surface area contributed by atoms with Crippen LogP contribution in [0.25, 0.3) is 11.2 Å². The monoisotopic (exact) mass is 651 g/mol. The molecule has 250 valence electrons. The molecule has 1 saturated carbocycles. The normalized spacial score (nSPS) is 22.8. The fraction of sp³-hybridized carbons (Fsp3) is 0.618. The largest absolute Gasteiger partial charge is 0.408 e. The Labute approximate surface area is 272 Å². The third-order valence-corrected chi connectivity index (χ3v) is 14.1. The van der Waals surface area contributed by atoms with Gasteiger partial charge in [0.1, 0.15) is 6.33 Å². The SMILES string of the molecule is CCCCOC[C@@]1(C2(O[Si](C)(C)C(C)(C)C)CC2)O[C@@H](n2cnc3c(NC(=O)c4ccccc4)ncnc32)C(=O)C1OCCCC. The van der Waals surface area contributed by atoms with Gasteiger partial charge in [0.2, 0.25) is 5.78 Å². The maximum Gasteiger partial charge on any atom is 0.256 e. The Hall–Kier alpha value is -3.03. The lowest BCUT2D eigenvalue weighted by Crippen LogP contribution is -2.62. The number of rotatable bonds is 15. The van der Waals surface area contributed by atoms with Gasteiger partial charge in [0.05, 0.1) is 18.5 Å². The molecule has 3 aromatic rings. The number of ether oxygens (including phenoxy) is 3. The lowest BCUT2D eigenvalue weighted by molar-refractivity contribution is -0.206. The Morgan fingerprint density at radius 2 is 1.76 bits per heavy atom. The van der Waals surface area contributed by atoms with Crippen molar-refractivity contribution in [2.24, 2.45) is 0 Å². The predicted molar refractivity (Wildman–Crippen MR) is 178 cm³/mol. The molecule has 46 heavy (non-hydrogen) atoms. The van der Waals surface area contributed by atoms with E-state index in [2.05, 4.69) is 68.0 Å². The standard InChI is InChI=1S/C34H49N5O6Si/c1-8-10-19-42-21-34(33(17-18-33)45-46(6,7)32(3,4)5)27(43-20-11-9-2)26(40)31(44-34)39-23-37-25-28(35-22-36-29(25)39)38-30(41)24-15-13-12-14-16-24/h12-16,22-23,27,31H,8-11,17-21H2,1-7H3,(H,35,36,38,41)/t27?,31-,34-/m1/s1. The second-order valence-corrected chi connectivity index (χ2v) is 18.7. The van der Waals surface area contributed by atoms with Crippen molar-refractivity contribution in [3.63, 3.8) is 0 Å². The van der Waals surface area contributed by atoms with Crippen LogP contribution < -0.4 is 5.32 Å². The zero-order chi connectivity index (χ0) is 33.2. The smallest absolute Gasteiger partial charge is 0.256 e. The van der Waals surface area contributed by atoms with Crippen LogP contribution in [0, 0.1) is 0 Å². The van der Waals surface area contributed by atoms with Gasteiger partial charge in [-0.3, -0.25) is 14.2 Å². The summed E-state index contributed by atoms with van der Waals surface area (Å²) in [4.78, 5) is 40.8. The molecule has 0 spiro atoms. The molecule has 2 aliphatic rings. The highest BCUT2D eigenvalue weighted by molar-refractivity contribution is 6.74. The number of hydrogen-bond donors (Lipinski definition) is 1. The number of benzene rings is 1. The number of nitrogens with one attached hydrogen (secondary N) is 1. The van der Waals surface area contributed by atoms with E-state index in [0.717, 1.165) is 38.5 Å². The lowest BCUT2D eigenvalue weighted by Gasteiger charge is -2.47. The first-order chi connectivity index (χ1) is 21.9. The number of imidazole rings is 1.